The Bertz CT molecular complexity index is 567. The number of rotatable bonds is 5. The summed E-state index contributed by atoms with van der Waals surface area (Å²) in [4.78, 5) is 14.6. The maximum atomic E-state index is 12.3. The molecule has 0 bridgehead atoms. The highest BCUT2D eigenvalue weighted by Gasteiger charge is 2.25. The number of likely N-dealkylation sites (N-methyl/N-ethyl adjacent to an activating group) is 1. The smallest absolute Gasteiger partial charge is 0.251 e. The van der Waals surface area contributed by atoms with Gasteiger partial charge in [0.2, 0.25) is 0 Å². The molecule has 1 aliphatic carbocycles. The van der Waals surface area contributed by atoms with Gasteiger partial charge >= 0.3 is 0 Å². The Kier molecular flexibility index (Phi) is 5.38. The predicted octanol–water partition coefficient (Wildman–Crippen LogP) is 1.13. The molecule has 21 heavy (non-hydrogen) atoms. The van der Waals surface area contributed by atoms with Gasteiger partial charge in [-0.2, -0.15) is 0 Å². The Morgan fingerprint density at radius 2 is 2.24 bits per heavy atom. The molecule has 2 rings (SSSR count). The summed E-state index contributed by atoms with van der Waals surface area (Å²) in [5.41, 5.74) is 7.85. The highest BCUT2D eigenvalue weighted by atomic mass is 16.1. The molecule has 1 amide bonds. The first kappa shape index (κ1) is 15.6. The number of nitrogens with one attached hydrogen (secondary N) is 1. The minimum absolute atomic E-state index is 0.0342. The van der Waals surface area contributed by atoms with Gasteiger partial charge in [-0.15, -0.1) is 0 Å². The van der Waals surface area contributed by atoms with Crippen LogP contribution >= 0.6 is 0 Å². The second kappa shape index (κ2) is 7.26. The number of hydrogen-bond acceptors (Lipinski definition) is 3. The molecule has 0 atom stereocenters. The molecule has 1 fully saturated rings. The van der Waals surface area contributed by atoms with Gasteiger partial charge in [-0.3, -0.25) is 4.79 Å². The fourth-order valence-electron chi connectivity index (χ4n) is 2.30. The van der Waals surface area contributed by atoms with Crippen LogP contribution in [-0.4, -0.2) is 43.5 Å². The third-order valence-electron chi connectivity index (χ3n) is 3.82. The summed E-state index contributed by atoms with van der Waals surface area (Å²) < 4.78 is 0. The molecule has 112 valence electrons. The van der Waals surface area contributed by atoms with Gasteiger partial charge in [-0.05, 0) is 44.5 Å². The Labute approximate surface area is 126 Å². The van der Waals surface area contributed by atoms with Gasteiger partial charge in [-0.25, -0.2) is 0 Å². The third kappa shape index (κ3) is 4.32. The van der Waals surface area contributed by atoms with E-state index in [1.807, 2.05) is 25.1 Å². The Morgan fingerprint density at radius 1 is 1.48 bits per heavy atom. The standard InChI is InChI=1S/C17H23N3O/c1-13-14(6-4-10-18)5-3-7-16(13)17(21)19-11-12-20(2)15-8-9-15/h3,5,7,15H,8-12,18H2,1-2H3,(H,19,21). The average molecular weight is 285 g/mol. The van der Waals surface area contributed by atoms with E-state index in [2.05, 4.69) is 29.1 Å². The number of carbonyl (C=O) groups is 1. The number of benzene rings is 1. The van der Waals surface area contributed by atoms with Crippen molar-refractivity contribution < 1.29 is 4.79 Å². The van der Waals surface area contributed by atoms with E-state index in [1.54, 1.807) is 0 Å². The van der Waals surface area contributed by atoms with E-state index in [1.165, 1.54) is 12.8 Å². The number of hydrogen-bond donors (Lipinski definition) is 2. The average Bonchev–Trinajstić information content (AvgIpc) is 3.30. The van der Waals surface area contributed by atoms with Gasteiger partial charge in [0.25, 0.3) is 5.91 Å². The van der Waals surface area contributed by atoms with Crippen LogP contribution in [0, 0.1) is 18.8 Å². The summed E-state index contributed by atoms with van der Waals surface area (Å²) in [5, 5.41) is 2.98. The van der Waals surface area contributed by atoms with Crippen LogP contribution in [0.5, 0.6) is 0 Å². The van der Waals surface area contributed by atoms with Crippen molar-refractivity contribution in [3.8, 4) is 11.8 Å². The van der Waals surface area contributed by atoms with Gasteiger partial charge in [0.05, 0.1) is 6.54 Å². The molecule has 1 aromatic carbocycles. The highest BCUT2D eigenvalue weighted by molar-refractivity contribution is 5.96. The fraction of sp³-hybridized carbons (Fsp3) is 0.471. The van der Waals surface area contributed by atoms with Crippen molar-refractivity contribution in [3.05, 3.63) is 34.9 Å². The quantitative estimate of drug-likeness (QED) is 0.797. The van der Waals surface area contributed by atoms with Crippen molar-refractivity contribution in [1.82, 2.24) is 10.2 Å². The fourth-order valence-corrected chi connectivity index (χ4v) is 2.30. The zero-order valence-corrected chi connectivity index (χ0v) is 12.8. The van der Waals surface area contributed by atoms with Crippen molar-refractivity contribution in [2.45, 2.75) is 25.8 Å². The van der Waals surface area contributed by atoms with Crippen LogP contribution in [-0.2, 0) is 0 Å². The van der Waals surface area contributed by atoms with E-state index in [9.17, 15) is 4.79 Å². The molecule has 0 aromatic heterocycles. The van der Waals surface area contributed by atoms with E-state index in [0.29, 0.717) is 18.7 Å². The Hall–Kier alpha value is -1.83. The van der Waals surface area contributed by atoms with E-state index in [-0.39, 0.29) is 5.91 Å². The topological polar surface area (TPSA) is 58.4 Å². The largest absolute Gasteiger partial charge is 0.351 e. The van der Waals surface area contributed by atoms with Crippen LogP contribution in [0.25, 0.3) is 0 Å². The van der Waals surface area contributed by atoms with Crippen molar-refractivity contribution in [2.24, 2.45) is 5.73 Å². The van der Waals surface area contributed by atoms with Crippen LogP contribution < -0.4 is 11.1 Å². The van der Waals surface area contributed by atoms with Gasteiger partial charge in [0.1, 0.15) is 0 Å². The minimum atomic E-state index is -0.0342. The van der Waals surface area contributed by atoms with Crippen molar-refractivity contribution in [3.63, 3.8) is 0 Å². The molecule has 0 aliphatic heterocycles. The van der Waals surface area contributed by atoms with Gasteiger partial charge in [0, 0.05) is 30.3 Å². The lowest BCUT2D eigenvalue weighted by Crippen LogP contribution is -2.34. The first-order valence-electron chi connectivity index (χ1n) is 7.40. The molecule has 3 N–H and O–H groups in total. The molecular weight excluding hydrogens is 262 g/mol. The van der Waals surface area contributed by atoms with Crippen LogP contribution in [0.3, 0.4) is 0 Å². The first-order valence-corrected chi connectivity index (χ1v) is 7.40. The maximum absolute atomic E-state index is 12.3. The first-order chi connectivity index (χ1) is 10.1. The Morgan fingerprint density at radius 3 is 2.90 bits per heavy atom. The van der Waals surface area contributed by atoms with E-state index in [4.69, 9.17) is 5.73 Å². The van der Waals surface area contributed by atoms with Crippen LogP contribution in [0.2, 0.25) is 0 Å². The third-order valence-corrected chi connectivity index (χ3v) is 3.82. The molecule has 0 radical (unpaired) electrons. The molecule has 4 nitrogen and oxygen atoms in total. The maximum Gasteiger partial charge on any atom is 0.251 e. The SMILES string of the molecule is Cc1c(C#CCN)cccc1C(=O)NCCN(C)C1CC1. The predicted molar refractivity (Wildman–Crippen MR) is 85.1 cm³/mol. The summed E-state index contributed by atoms with van der Waals surface area (Å²) in [5.74, 6) is 5.80. The van der Waals surface area contributed by atoms with Crippen molar-refractivity contribution in [1.29, 1.82) is 0 Å². The number of nitrogens with two attached hydrogens (primary N) is 1. The summed E-state index contributed by atoms with van der Waals surface area (Å²) >= 11 is 0. The zero-order chi connectivity index (χ0) is 15.2. The van der Waals surface area contributed by atoms with Crippen molar-refractivity contribution >= 4 is 5.91 Å². The normalized spacial score (nSPS) is 13.7. The number of amides is 1. The molecule has 1 aliphatic rings. The van der Waals surface area contributed by atoms with Gasteiger partial charge in [0.15, 0.2) is 0 Å². The molecule has 0 spiro atoms. The zero-order valence-electron chi connectivity index (χ0n) is 12.8. The second-order valence-corrected chi connectivity index (χ2v) is 5.45. The molecule has 1 aromatic rings. The summed E-state index contributed by atoms with van der Waals surface area (Å²) in [6.45, 7) is 3.81. The summed E-state index contributed by atoms with van der Waals surface area (Å²) in [6.07, 6.45) is 2.57. The Balaban J connectivity index is 1.95. The van der Waals surface area contributed by atoms with Crippen LogP contribution in [0.15, 0.2) is 18.2 Å². The lowest BCUT2D eigenvalue weighted by molar-refractivity contribution is 0.0949. The minimum Gasteiger partial charge on any atom is -0.351 e. The van der Waals surface area contributed by atoms with E-state index in [0.717, 1.165) is 23.7 Å². The van der Waals surface area contributed by atoms with E-state index >= 15 is 0 Å². The van der Waals surface area contributed by atoms with Gasteiger partial charge < -0.3 is 16.0 Å². The molecule has 1 saturated carbocycles. The number of carbonyl (C=O) groups excluding carboxylic acids is 1. The number of nitrogens with zero attached hydrogens (tertiary/aromatic N) is 1. The molecule has 4 heteroatoms. The van der Waals surface area contributed by atoms with Crippen molar-refractivity contribution in [2.75, 3.05) is 26.7 Å². The monoisotopic (exact) mass is 285 g/mol. The highest BCUT2D eigenvalue weighted by Crippen LogP contribution is 2.24. The molecule has 0 heterocycles. The van der Waals surface area contributed by atoms with E-state index < -0.39 is 0 Å². The lowest BCUT2D eigenvalue weighted by atomic mass is 10.0. The summed E-state index contributed by atoms with van der Waals surface area (Å²) in [7, 11) is 2.11. The second-order valence-electron chi connectivity index (χ2n) is 5.45. The van der Waals surface area contributed by atoms with Gasteiger partial charge in [-0.1, -0.05) is 17.9 Å². The lowest BCUT2D eigenvalue weighted by Gasteiger charge is -2.16. The van der Waals surface area contributed by atoms with Crippen LogP contribution in [0.1, 0.15) is 34.3 Å². The van der Waals surface area contributed by atoms with Crippen LogP contribution in [0.4, 0.5) is 0 Å². The molecular formula is C17H23N3O. The summed E-state index contributed by atoms with van der Waals surface area (Å²) in [6, 6.07) is 6.33. The molecule has 0 saturated heterocycles. The molecule has 0 unspecified atom stereocenters.